The molecule has 1 saturated carbocycles. The summed E-state index contributed by atoms with van der Waals surface area (Å²) >= 11 is 0. The Bertz CT molecular complexity index is 757. The Balaban J connectivity index is 1.87. The molecular formula is C14H12FN5O. The zero-order chi connectivity index (χ0) is 15.0. The summed E-state index contributed by atoms with van der Waals surface area (Å²) in [5.74, 6) is -0.926. The molecule has 6 nitrogen and oxygen atoms in total. The van der Waals surface area contributed by atoms with Crippen LogP contribution in [0.5, 0.6) is 0 Å². The standard InChI is InChI=1S/C14H12FN5O/c15-9-2-1-3-10(8(9)6-16)18-14(21)13-11(17)12(19-20-13)7-4-5-7/h1-3,7H,4-5,17H2,(H,18,21)(H,19,20). The van der Waals surface area contributed by atoms with Gasteiger partial charge in [0, 0.05) is 5.92 Å². The van der Waals surface area contributed by atoms with E-state index in [1.807, 2.05) is 0 Å². The number of nitrogens with zero attached hydrogens (tertiary/aromatic N) is 2. The Labute approximate surface area is 119 Å². The van der Waals surface area contributed by atoms with Crippen molar-refractivity contribution in [3.8, 4) is 6.07 Å². The van der Waals surface area contributed by atoms with Crippen molar-refractivity contribution >= 4 is 17.3 Å². The third-order valence-electron chi connectivity index (χ3n) is 3.41. The van der Waals surface area contributed by atoms with E-state index < -0.39 is 11.7 Å². The lowest BCUT2D eigenvalue weighted by Crippen LogP contribution is -2.15. The molecule has 21 heavy (non-hydrogen) atoms. The van der Waals surface area contributed by atoms with Gasteiger partial charge in [0.1, 0.15) is 17.4 Å². The van der Waals surface area contributed by atoms with Crippen LogP contribution >= 0.6 is 0 Å². The molecule has 1 heterocycles. The average Bonchev–Trinajstić information content (AvgIpc) is 3.22. The van der Waals surface area contributed by atoms with Gasteiger partial charge in [0.25, 0.3) is 5.91 Å². The second-order valence-electron chi connectivity index (χ2n) is 4.90. The van der Waals surface area contributed by atoms with Crippen molar-refractivity contribution in [2.24, 2.45) is 0 Å². The van der Waals surface area contributed by atoms with E-state index in [4.69, 9.17) is 11.0 Å². The molecule has 1 aromatic carbocycles. The molecule has 0 unspecified atom stereocenters. The monoisotopic (exact) mass is 285 g/mol. The van der Waals surface area contributed by atoms with Crippen molar-refractivity contribution in [3.05, 3.63) is 41.0 Å². The van der Waals surface area contributed by atoms with Gasteiger partial charge in [-0.25, -0.2) is 4.39 Å². The number of carbonyl (C=O) groups is 1. The predicted molar refractivity (Wildman–Crippen MR) is 74.0 cm³/mol. The Morgan fingerprint density at radius 3 is 2.95 bits per heavy atom. The number of nitrogens with two attached hydrogens (primary N) is 1. The lowest BCUT2D eigenvalue weighted by atomic mass is 10.1. The van der Waals surface area contributed by atoms with Crippen LogP contribution in [0.25, 0.3) is 0 Å². The van der Waals surface area contributed by atoms with Gasteiger partial charge >= 0.3 is 0 Å². The van der Waals surface area contributed by atoms with E-state index in [1.54, 1.807) is 6.07 Å². The van der Waals surface area contributed by atoms with Crippen LogP contribution in [0.2, 0.25) is 0 Å². The van der Waals surface area contributed by atoms with Gasteiger partial charge in [-0.15, -0.1) is 0 Å². The largest absolute Gasteiger partial charge is 0.395 e. The fourth-order valence-electron chi connectivity index (χ4n) is 2.14. The number of hydrogen-bond acceptors (Lipinski definition) is 4. The highest BCUT2D eigenvalue weighted by atomic mass is 19.1. The van der Waals surface area contributed by atoms with Crippen LogP contribution in [0.4, 0.5) is 15.8 Å². The number of carbonyl (C=O) groups excluding carboxylic acids is 1. The summed E-state index contributed by atoms with van der Waals surface area (Å²) in [4.78, 5) is 12.2. The van der Waals surface area contributed by atoms with Crippen LogP contribution in [0, 0.1) is 17.1 Å². The topological polar surface area (TPSA) is 108 Å². The zero-order valence-corrected chi connectivity index (χ0v) is 11.0. The molecule has 4 N–H and O–H groups in total. The number of H-pyrrole nitrogens is 1. The number of hydrogen-bond donors (Lipinski definition) is 3. The summed E-state index contributed by atoms with van der Waals surface area (Å²) in [6.07, 6.45) is 2.05. The first kappa shape index (κ1) is 13.1. The zero-order valence-electron chi connectivity index (χ0n) is 11.0. The van der Waals surface area contributed by atoms with Crippen molar-refractivity contribution in [2.45, 2.75) is 18.8 Å². The van der Waals surface area contributed by atoms with E-state index in [2.05, 4.69) is 15.5 Å². The van der Waals surface area contributed by atoms with Crippen LogP contribution in [0.1, 0.15) is 40.5 Å². The van der Waals surface area contributed by atoms with Crippen LogP contribution in [-0.4, -0.2) is 16.1 Å². The molecule has 2 aromatic rings. The molecule has 0 saturated heterocycles. The van der Waals surface area contributed by atoms with Gasteiger partial charge in [0.05, 0.1) is 17.1 Å². The normalized spacial score (nSPS) is 13.7. The maximum absolute atomic E-state index is 13.5. The molecule has 0 atom stereocenters. The van der Waals surface area contributed by atoms with Crippen molar-refractivity contribution in [1.29, 1.82) is 5.26 Å². The number of rotatable bonds is 3. The SMILES string of the molecule is N#Cc1c(F)cccc1NC(=O)c1n[nH]c(C2CC2)c1N. The Hall–Kier alpha value is -2.88. The number of nitrogen functional groups attached to an aromatic ring is 1. The van der Waals surface area contributed by atoms with Crippen molar-refractivity contribution in [3.63, 3.8) is 0 Å². The van der Waals surface area contributed by atoms with Crippen molar-refractivity contribution in [2.75, 3.05) is 11.1 Å². The molecule has 1 amide bonds. The minimum Gasteiger partial charge on any atom is -0.395 e. The van der Waals surface area contributed by atoms with Gasteiger partial charge in [-0.05, 0) is 25.0 Å². The second-order valence-corrected chi connectivity index (χ2v) is 4.90. The fraction of sp³-hybridized carbons (Fsp3) is 0.214. The highest BCUT2D eigenvalue weighted by Crippen LogP contribution is 2.42. The second kappa shape index (κ2) is 4.90. The number of aromatic amines is 1. The molecular weight excluding hydrogens is 273 g/mol. The number of nitriles is 1. The van der Waals surface area contributed by atoms with Crippen LogP contribution in [0.15, 0.2) is 18.2 Å². The van der Waals surface area contributed by atoms with Gasteiger partial charge < -0.3 is 11.1 Å². The van der Waals surface area contributed by atoms with Crippen LogP contribution in [-0.2, 0) is 0 Å². The van der Waals surface area contributed by atoms with Crippen molar-refractivity contribution in [1.82, 2.24) is 10.2 Å². The minimum atomic E-state index is -0.691. The van der Waals surface area contributed by atoms with E-state index in [-0.39, 0.29) is 16.9 Å². The first-order chi connectivity index (χ1) is 10.1. The first-order valence-corrected chi connectivity index (χ1v) is 6.45. The first-order valence-electron chi connectivity index (χ1n) is 6.45. The highest BCUT2D eigenvalue weighted by Gasteiger charge is 2.30. The molecule has 1 aromatic heterocycles. The Morgan fingerprint density at radius 1 is 1.52 bits per heavy atom. The molecule has 1 fully saturated rings. The number of benzene rings is 1. The molecule has 0 spiro atoms. The van der Waals surface area contributed by atoms with E-state index >= 15 is 0 Å². The van der Waals surface area contributed by atoms with E-state index in [0.717, 1.165) is 24.6 Å². The number of anilines is 2. The molecule has 3 rings (SSSR count). The number of nitrogens with one attached hydrogen (secondary N) is 2. The lowest BCUT2D eigenvalue weighted by Gasteiger charge is -2.06. The van der Waals surface area contributed by atoms with Crippen molar-refractivity contribution < 1.29 is 9.18 Å². The summed E-state index contributed by atoms with van der Waals surface area (Å²) in [5.41, 5.74) is 6.91. The number of aromatic nitrogens is 2. The molecule has 0 radical (unpaired) electrons. The molecule has 1 aliphatic rings. The Morgan fingerprint density at radius 2 is 2.29 bits per heavy atom. The molecule has 0 aliphatic heterocycles. The van der Waals surface area contributed by atoms with Gasteiger partial charge in [-0.3, -0.25) is 9.89 Å². The molecule has 1 aliphatic carbocycles. The maximum Gasteiger partial charge on any atom is 0.278 e. The molecule has 7 heteroatoms. The van der Waals surface area contributed by atoms with E-state index in [9.17, 15) is 9.18 Å². The van der Waals surface area contributed by atoms with Crippen LogP contribution in [0.3, 0.4) is 0 Å². The smallest absolute Gasteiger partial charge is 0.278 e. The fourth-order valence-corrected chi connectivity index (χ4v) is 2.14. The summed E-state index contributed by atoms with van der Waals surface area (Å²) in [6.45, 7) is 0. The summed E-state index contributed by atoms with van der Waals surface area (Å²) in [7, 11) is 0. The lowest BCUT2D eigenvalue weighted by molar-refractivity contribution is 0.102. The summed E-state index contributed by atoms with van der Waals surface area (Å²) in [6, 6.07) is 5.74. The molecule has 106 valence electrons. The quantitative estimate of drug-likeness (QED) is 0.802. The average molecular weight is 285 g/mol. The van der Waals surface area contributed by atoms with E-state index in [0.29, 0.717) is 11.6 Å². The predicted octanol–water partition coefficient (Wildman–Crippen LogP) is 2.13. The maximum atomic E-state index is 13.5. The molecule has 0 bridgehead atoms. The third-order valence-corrected chi connectivity index (χ3v) is 3.41. The number of amides is 1. The Kier molecular flexibility index (Phi) is 3.06. The van der Waals surface area contributed by atoms with Crippen LogP contribution < -0.4 is 11.1 Å². The number of halogens is 1. The summed E-state index contributed by atoms with van der Waals surface area (Å²) < 4.78 is 13.5. The van der Waals surface area contributed by atoms with Gasteiger partial charge in [0.2, 0.25) is 0 Å². The summed E-state index contributed by atoms with van der Waals surface area (Å²) in [5, 5.41) is 18.1. The minimum absolute atomic E-state index is 0.0602. The van der Waals surface area contributed by atoms with E-state index in [1.165, 1.54) is 12.1 Å². The van der Waals surface area contributed by atoms with Gasteiger partial charge in [-0.1, -0.05) is 6.07 Å². The third kappa shape index (κ3) is 2.31. The highest BCUT2D eigenvalue weighted by molar-refractivity contribution is 6.07. The van der Waals surface area contributed by atoms with Gasteiger partial charge in [0.15, 0.2) is 5.69 Å². The van der Waals surface area contributed by atoms with Gasteiger partial charge in [-0.2, -0.15) is 10.4 Å².